The summed E-state index contributed by atoms with van der Waals surface area (Å²) in [5.41, 5.74) is 6.28. The van der Waals surface area contributed by atoms with Crippen LogP contribution < -0.4 is 0 Å². The molecule has 2 heterocycles. The molecule has 3 aromatic carbocycles. The van der Waals surface area contributed by atoms with E-state index in [0.717, 1.165) is 45.1 Å². The molecule has 5 rings (SSSR count). The number of rotatable bonds is 5. The average Bonchev–Trinajstić information content (AvgIpc) is 3.09. The van der Waals surface area contributed by atoms with E-state index in [1.54, 1.807) is 0 Å². The van der Waals surface area contributed by atoms with E-state index in [4.69, 9.17) is 14.7 Å². The minimum Gasteiger partial charge on any atom is -0.462 e. The molecule has 0 N–H and O–H groups in total. The van der Waals surface area contributed by atoms with Crippen LogP contribution in [-0.2, 0) is 11.3 Å². The van der Waals surface area contributed by atoms with Gasteiger partial charge in [-0.05, 0) is 42.3 Å². The van der Waals surface area contributed by atoms with Crippen LogP contribution in [0.1, 0.15) is 29.3 Å². The van der Waals surface area contributed by atoms with Gasteiger partial charge in [0, 0.05) is 11.9 Å². The Morgan fingerprint density at radius 2 is 1.60 bits per heavy atom. The number of hydrogen-bond acceptors (Lipinski definition) is 4. The van der Waals surface area contributed by atoms with E-state index in [1.165, 1.54) is 0 Å². The summed E-state index contributed by atoms with van der Waals surface area (Å²) in [6.45, 7) is 3.06. The quantitative estimate of drug-likeness (QED) is 0.376. The second kappa shape index (κ2) is 7.59. The van der Waals surface area contributed by atoms with Gasteiger partial charge in [-0.15, -0.1) is 0 Å². The van der Waals surface area contributed by atoms with Crippen LogP contribution >= 0.6 is 0 Å². The van der Waals surface area contributed by atoms with Crippen molar-refractivity contribution >= 4 is 39.1 Å². The Morgan fingerprint density at radius 1 is 0.900 bits per heavy atom. The van der Waals surface area contributed by atoms with Crippen LogP contribution in [0, 0.1) is 0 Å². The zero-order chi connectivity index (χ0) is 20.5. The highest BCUT2D eigenvalue weighted by Crippen LogP contribution is 2.29. The van der Waals surface area contributed by atoms with Gasteiger partial charge < -0.3 is 9.30 Å². The number of ether oxygens (including phenoxy) is 1. The minimum atomic E-state index is -0.280. The van der Waals surface area contributed by atoms with Gasteiger partial charge >= 0.3 is 5.97 Å². The Labute approximate surface area is 173 Å². The highest BCUT2D eigenvalue weighted by molar-refractivity contribution is 6.06. The molecule has 0 aliphatic carbocycles. The van der Waals surface area contributed by atoms with Crippen LogP contribution in [0.2, 0.25) is 0 Å². The summed E-state index contributed by atoms with van der Waals surface area (Å²) >= 11 is 0. The van der Waals surface area contributed by atoms with Crippen molar-refractivity contribution < 1.29 is 9.53 Å². The fourth-order valence-corrected chi connectivity index (χ4v) is 3.75. The Morgan fingerprint density at radius 3 is 2.37 bits per heavy atom. The molecule has 5 heteroatoms. The first-order chi connectivity index (χ1) is 14.7. The number of para-hydroxylation sites is 3. The molecule has 0 saturated heterocycles. The number of nitrogens with zero attached hydrogens (tertiary/aromatic N) is 3. The normalized spacial score (nSPS) is 11.4. The van der Waals surface area contributed by atoms with Crippen molar-refractivity contribution in [2.75, 3.05) is 6.61 Å². The fourth-order valence-electron chi connectivity index (χ4n) is 3.75. The molecular formula is C25H21N3O2. The predicted octanol–water partition coefficient (Wildman–Crippen LogP) is 5.35. The first-order valence-electron chi connectivity index (χ1n) is 10.1. The maximum atomic E-state index is 12.1. The third-order valence-electron chi connectivity index (χ3n) is 5.23. The largest absolute Gasteiger partial charge is 0.462 e. The number of fused-ring (bicyclic) bond motifs is 4. The van der Waals surface area contributed by atoms with Crippen LogP contribution in [0.25, 0.3) is 33.1 Å². The molecule has 0 amide bonds. The lowest BCUT2D eigenvalue weighted by molar-refractivity contribution is 0.0505. The lowest BCUT2D eigenvalue weighted by Gasteiger charge is -2.08. The molecule has 0 atom stereocenters. The lowest BCUT2D eigenvalue weighted by atomic mass is 10.1. The van der Waals surface area contributed by atoms with Crippen LogP contribution in [0.15, 0.2) is 72.8 Å². The molecule has 0 aliphatic rings. The number of esters is 1. The first kappa shape index (κ1) is 18.3. The molecule has 0 bridgehead atoms. The maximum absolute atomic E-state index is 12.1. The van der Waals surface area contributed by atoms with E-state index in [2.05, 4.69) is 16.7 Å². The third kappa shape index (κ3) is 3.18. The van der Waals surface area contributed by atoms with Crippen molar-refractivity contribution in [2.45, 2.75) is 19.9 Å². The first-order valence-corrected chi connectivity index (χ1v) is 10.1. The number of benzene rings is 3. The number of carbonyl (C=O) groups is 1. The van der Waals surface area contributed by atoms with Gasteiger partial charge in [0.25, 0.3) is 0 Å². The highest BCUT2D eigenvalue weighted by atomic mass is 16.5. The Hall–Kier alpha value is -3.73. The van der Waals surface area contributed by atoms with E-state index in [9.17, 15) is 4.79 Å². The van der Waals surface area contributed by atoms with E-state index in [0.29, 0.717) is 18.7 Å². The summed E-state index contributed by atoms with van der Waals surface area (Å²) in [5.74, 6) is -0.280. The SMILES string of the molecule is CCCOC(=O)c1ccc(Cn2c3ccccc3c3nc4ccccc4nc32)cc1. The molecule has 5 nitrogen and oxygen atoms in total. The Balaban J connectivity index is 1.58. The van der Waals surface area contributed by atoms with Gasteiger partial charge in [0.1, 0.15) is 5.52 Å². The maximum Gasteiger partial charge on any atom is 0.338 e. The van der Waals surface area contributed by atoms with Crippen molar-refractivity contribution in [2.24, 2.45) is 0 Å². The monoisotopic (exact) mass is 395 g/mol. The van der Waals surface area contributed by atoms with E-state index < -0.39 is 0 Å². The zero-order valence-corrected chi connectivity index (χ0v) is 16.7. The standard InChI is InChI=1S/C25H21N3O2/c1-2-15-30-25(29)18-13-11-17(12-14-18)16-28-22-10-6-3-7-19(22)23-24(28)27-21-9-5-4-8-20(21)26-23/h3-14H,2,15-16H2,1H3. The third-order valence-corrected chi connectivity index (χ3v) is 5.23. The number of carbonyl (C=O) groups excluding carboxylic acids is 1. The molecule has 148 valence electrons. The van der Waals surface area contributed by atoms with Gasteiger partial charge in [-0.2, -0.15) is 0 Å². The summed E-state index contributed by atoms with van der Waals surface area (Å²) in [6.07, 6.45) is 0.813. The smallest absolute Gasteiger partial charge is 0.338 e. The predicted molar refractivity (Wildman–Crippen MR) is 119 cm³/mol. The number of hydrogen-bond donors (Lipinski definition) is 0. The molecule has 0 saturated carbocycles. The average molecular weight is 395 g/mol. The van der Waals surface area contributed by atoms with E-state index in [1.807, 2.05) is 67.6 Å². The Bertz CT molecular complexity index is 1370. The van der Waals surface area contributed by atoms with Gasteiger partial charge in [-0.25, -0.2) is 14.8 Å². The van der Waals surface area contributed by atoms with Crippen molar-refractivity contribution in [1.82, 2.24) is 14.5 Å². The fraction of sp³-hybridized carbons (Fsp3) is 0.160. The van der Waals surface area contributed by atoms with Crippen molar-refractivity contribution in [3.05, 3.63) is 83.9 Å². The van der Waals surface area contributed by atoms with Crippen molar-refractivity contribution in [3.63, 3.8) is 0 Å². The van der Waals surface area contributed by atoms with Crippen molar-refractivity contribution in [3.8, 4) is 0 Å². The van der Waals surface area contributed by atoms with Crippen molar-refractivity contribution in [1.29, 1.82) is 0 Å². The zero-order valence-electron chi connectivity index (χ0n) is 16.7. The number of aromatic nitrogens is 3. The Kier molecular flexibility index (Phi) is 4.64. The van der Waals surface area contributed by atoms with Gasteiger partial charge in [0.15, 0.2) is 5.65 Å². The second-order valence-electron chi connectivity index (χ2n) is 7.32. The molecule has 0 unspecified atom stereocenters. The van der Waals surface area contributed by atoms with Crippen LogP contribution in [0.5, 0.6) is 0 Å². The molecule has 2 aromatic heterocycles. The molecule has 5 aromatic rings. The minimum absolute atomic E-state index is 0.280. The lowest BCUT2D eigenvalue weighted by Crippen LogP contribution is -2.06. The van der Waals surface area contributed by atoms with Gasteiger partial charge in [0.05, 0.1) is 28.7 Å². The molecule has 30 heavy (non-hydrogen) atoms. The molecule has 0 aliphatic heterocycles. The summed E-state index contributed by atoms with van der Waals surface area (Å²) in [7, 11) is 0. The topological polar surface area (TPSA) is 57.0 Å². The molecule has 0 spiro atoms. The van der Waals surface area contributed by atoms with Gasteiger partial charge in [-0.3, -0.25) is 0 Å². The molecular weight excluding hydrogens is 374 g/mol. The second-order valence-corrected chi connectivity index (χ2v) is 7.32. The van der Waals surface area contributed by atoms with E-state index >= 15 is 0 Å². The summed E-state index contributed by atoms with van der Waals surface area (Å²) in [6, 6.07) is 23.8. The van der Waals surface area contributed by atoms with Gasteiger partial charge in [0.2, 0.25) is 0 Å². The summed E-state index contributed by atoms with van der Waals surface area (Å²) in [5, 5.41) is 1.09. The van der Waals surface area contributed by atoms with E-state index in [-0.39, 0.29) is 5.97 Å². The van der Waals surface area contributed by atoms with Crippen LogP contribution in [0.3, 0.4) is 0 Å². The summed E-state index contributed by atoms with van der Waals surface area (Å²) in [4.78, 5) is 21.9. The van der Waals surface area contributed by atoms with Crippen LogP contribution in [0.4, 0.5) is 0 Å². The summed E-state index contributed by atoms with van der Waals surface area (Å²) < 4.78 is 7.41. The molecule has 0 radical (unpaired) electrons. The highest BCUT2D eigenvalue weighted by Gasteiger charge is 2.15. The van der Waals surface area contributed by atoms with Crippen LogP contribution in [-0.4, -0.2) is 27.1 Å². The molecule has 0 fully saturated rings. The van der Waals surface area contributed by atoms with Gasteiger partial charge in [-0.1, -0.05) is 49.4 Å².